The summed E-state index contributed by atoms with van der Waals surface area (Å²) in [5, 5.41) is 12.8. The average Bonchev–Trinajstić information content (AvgIpc) is 2.61. The maximum absolute atomic E-state index is 8.44. The number of benzene rings is 1. The number of furan rings is 1. The lowest BCUT2D eigenvalue weighted by Gasteiger charge is -2.01. The number of nitrogens with zero attached hydrogens (tertiary/aromatic N) is 1. The van der Waals surface area contributed by atoms with Crippen molar-refractivity contribution in [1.29, 1.82) is 5.26 Å². The van der Waals surface area contributed by atoms with Crippen LogP contribution < -0.4 is 5.32 Å². The van der Waals surface area contributed by atoms with Crippen LogP contribution in [0, 0.1) is 18.3 Å². The minimum absolute atomic E-state index is 0.537. The molecule has 3 heteroatoms. The second-order valence-corrected chi connectivity index (χ2v) is 3.72. The van der Waals surface area contributed by atoms with Gasteiger partial charge in [0.2, 0.25) is 0 Å². The molecule has 2 rings (SSSR count). The third-order valence-corrected chi connectivity index (χ3v) is 2.62. The van der Waals surface area contributed by atoms with Crippen molar-refractivity contribution in [3.63, 3.8) is 0 Å². The molecule has 16 heavy (non-hydrogen) atoms. The number of aryl methyl sites for hydroxylation is 1. The molecule has 0 fully saturated rings. The predicted octanol–water partition coefficient (Wildman–Crippen LogP) is 2.74. The minimum atomic E-state index is 0.537. The van der Waals surface area contributed by atoms with Crippen molar-refractivity contribution in [2.24, 2.45) is 0 Å². The van der Waals surface area contributed by atoms with Gasteiger partial charge in [-0.25, -0.2) is 0 Å². The molecule has 2 aromatic rings. The highest BCUT2D eigenvalue weighted by Crippen LogP contribution is 2.24. The highest BCUT2D eigenvalue weighted by molar-refractivity contribution is 5.82. The Hall–Kier alpha value is -1.79. The van der Waals surface area contributed by atoms with E-state index < -0.39 is 0 Å². The van der Waals surface area contributed by atoms with Gasteiger partial charge in [0.25, 0.3) is 0 Å². The van der Waals surface area contributed by atoms with Gasteiger partial charge in [0, 0.05) is 30.5 Å². The van der Waals surface area contributed by atoms with Gasteiger partial charge in [-0.3, -0.25) is 0 Å². The normalized spacial score (nSPS) is 10.5. The second-order valence-electron chi connectivity index (χ2n) is 3.72. The molecule has 0 amide bonds. The second kappa shape index (κ2) is 4.82. The SMILES string of the molecule is Cc1oc2ccccc2c1CNCCC#N. The standard InChI is InChI=1S/C13H14N2O/c1-10-12(9-15-8-4-7-14)11-5-2-3-6-13(11)16-10/h2-3,5-6,15H,4,8-9H2,1H3. The Balaban J connectivity index is 2.17. The Kier molecular flexibility index (Phi) is 3.23. The summed E-state index contributed by atoms with van der Waals surface area (Å²) in [5.41, 5.74) is 2.12. The van der Waals surface area contributed by atoms with Crippen LogP contribution >= 0.6 is 0 Å². The van der Waals surface area contributed by atoms with Crippen molar-refractivity contribution >= 4 is 11.0 Å². The molecular weight excluding hydrogens is 200 g/mol. The molecule has 82 valence electrons. The number of hydrogen-bond acceptors (Lipinski definition) is 3. The molecule has 0 saturated heterocycles. The van der Waals surface area contributed by atoms with Gasteiger partial charge in [-0.1, -0.05) is 18.2 Å². The predicted molar refractivity (Wildman–Crippen MR) is 62.9 cm³/mol. The van der Waals surface area contributed by atoms with Gasteiger partial charge >= 0.3 is 0 Å². The fourth-order valence-electron chi connectivity index (χ4n) is 1.80. The molecule has 1 N–H and O–H groups in total. The third kappa shape index (κ3) is 2.07. The third-order valence-electron chi connectivity index (χ3n) is 2.62. The fourth-order valence-corrected chi connectivity index (χ4v) is 1.80. The number of fused-ring (bicyclic) bond motifs is 1. The number of rotatable bonds is 4. The summed E-state index contributed by atoms with van der Waals surface area (Å²) in [7, 11) is 0. The van der Waals surface area contributed by atoms with Crippen molar-refractivity contribution in [3.05, 3.63) is 35.6 Å². The Morgan fingerprint density at radius 1 is 1.38 bits per heavy atom. The van der Waals surface area contributed by atoms with Gasteiger partial charge in [0.15, 0.2) is 0 Å². The van der Waals surface area contributed by atoms with Crippen molar-refractivity contribution < 1.29 is 4.42 Å². The van der Waals surface area contributed by atoms with Crippen molar-refractivity contribution in [1.82, 2.24) is 5.32 Å². The van der Waals surface area contributed by atoms with Gasteiger partial charge in [-0.2, -0.15) is 5.26 Å². The zero-order valence-corrected chi connectivity index (χ0v) is 9.29. The first kappa shape index (κ1) is 10.7. The molecule has 0 aliphatic carbocycles. The van der Waals surface area contributed by atoms with Crippen LogP contribution in [0.25, 0.3) is 11.0 Å². The first-order valence-corrected chi connectivity index (χ1v) is 5.37. The van der Waals surface area contributed by atoms with E-state index in [4.69, 9.17) is 9.68 Å². The van der Waals surface area contributed by atoms with Gasteiger partial charge in [0.1, 0.15) is 11.3 Å². The summed E-state index contributed by atoms with van der Waals surface area (Å²) in [6.45, 7) is 3.45. The van der Waals surface area contributed by atoms with E-state index in [2.05, 4.69) is 17.5 Å². The lowest BCUT2D eigenvalue weighted by molar-refractivity contribution is 0.566. The van der Waals surface area contributed by atoms with Crippen LogP contribution in [0.15, 0.2) is 28.7 Å². The summed E-state index contributed by atoms with van der Waals surface area (Å²) >= 11 is 0. The molecule has 0 aliphatic rings. The van der Waals surface area contributed by atoms with Crippen LogP contribution in [0.5, 0.6) is 0 Å². The molecule has 0 saturated carbocycles. The highest BCUT2D eigenvalue weighted by Gasteiger charge is 2.08. The first-order chi connectivity index (χ1) is 7.83. The Labute approximate surface area is 94.7 Å². The first-order valence-electron chi connectivity index (χ1n) is 5.37. The Morgan fingerprint density at radius 3 is 3.00 bits per heavy atom. The van der Waals surface area contributed by atoms with Crippen LogP contribution in [0.2, 0.25) is 0 Å². The van der Waals surface area contributed by atoms with E-state index in [1.165, 1.54) is 5.56 Å². The highest BCUT2D eigenvalue weighted by atomic mass is 16.3. The molecule has 1 aromatic carbocycles. The molecule has 3 nitrogen and oxygen atoms in total. The van der Waals surface area contributed by atoms with Crippen LogP contribution in [-0.4, -0.2) is 6.54 Å². The molecule has 0 radical (unpaired) electrons. The molecule has 1 heterocycles. The van der Waals surface area contributed by atoms with Crippen molar-refractivity contribution in [2.45, 2.75) is 19.9 Å². The number of hydrogen-bond donors (Lipinski definition) is 1. The average molecular weight is 214 g/mol. The van der Waals surface area contributed by atoms with Crippen LogP contribution in [-0.2, 0) is 6.54 Å². The summed E-state index contributed by atoms with van der Waals surface area (Å²) in [6.07, 6.45) is 0.537. The Morgan fingerprint density at radius 2 is 2.19 bits per heavy atom. The van der Waals surface area contributed by atoms with Crippen LogP contribution in [0.3, 0.4) is 0 Å². The van der Waals surface area contributed by atoms with E-state index in [9.17, 15) is 0 Å². The summed E-state index contributed by atoms with van der Waals surface area (Å²) in [4.78, 5) is 0. The van der Waals surface area contributed by atoms with Crippen molar-refractivity contribution in [3.8, 4) is 6.07 Å². The van der Waals surface area contributed by atoms with Gasteiger partial charge in [-0.05, 0) is 13.0 Å². The largest absolute Gasteiger partial charge is 0.461 e. The number of nitriles is 1. The smallest absolute Gasteiger partial charge is 0.134 e. The molecule has 0 atom stereocenters. The zero-order chi connectivity index (χ0) is 11.4. The summed E-state index contributed by atoms with van der Waals surface area (Å²) < 4.78 is 5.65. The zero-order valence-electron chi connectivity index (χ0n) is 9.29. The van der Waals surface area contributed by atoms with E-state index in [0.29, 0.717) is 6.42 Å². The van der Waals surface area contributed by atoms with E-state index >= 15 is 0 Å². The lowest BCUT2D eigenvalue weighted by Crippen LogP contribution is -2.14. The topological polar surface area (TPSA) is 49.0 Å². The number of nitrogens with one attached hydrogen (secondary N) is 1. The maximum Gasteiger partial charge on any atom is 0.134 e. The molecule has 0 spiro atoms. The van der Waals surface area contributed by atoms with Gasteiger partial charge in [-0.15, -0.1) is 0 Å². The monoisotopic (exact) mass is 214 g/mol. The van der Waals surface area contributed by atoms with E-state index in [-0.39, 0.29) is 0 Å². The lowest BCUT2D eigenvalue weighted by atomic mass is 10.1. The summed E-state index contributed by atoms with van der Waals surface area (Å²) in [5.74, 6) is 0.950. The summed E-state index contributed by atoms with van der Waals surface area (Å²) in [6, 6.07) is 10.1. The molecule has 1 aromatic heterocycles. The van der Waals surface area contributed by atoms with Crippen LogP contribution in [0.1, 0.15) is 17.7 Å². The molecule has 0 aliphatic heterocycles. The van der Waals surface area contributed by atoms with Crippen LogP contribution in [0.4, 0.5) is 0 Å². The Bertz CT molecular complexity index is 522. The minimum Gasteiger partial charge on any atom is -0.461 e. The van der Waals surface area contributed by atoms with E-state index in [1.807, 2.05) is 25.1 Å². The number of para-hydroxylation sites is 1. The van der Waals surface area contributed by atoms with E-state index in [0.717, 1.165) is 29.8 Å². The van der Waals surface area contributed by atoms with Gasteiger partial charge in [0.05, 0.1) is 6.07 Å². The quantitative estimate of drug-likeness (QED) is 0.796. The van der Waals surface area contributed by atoms with Gasteiger partial charge < -0.3 is 9.73 Å². The molecule has 0 bridgehead atoms. The maximum atomic E-state index is 8.44. The van der Waals surface area contributed by atoms with E-state index in [1.54, 1.807) is 0 Å². The molecular formula is C13H14N2O. The van der Waals surface area contributed by atoms with Crippen molar-refractivity contribution in [2.75, 3.05) is 6.54 Å². The molecule has 0 unspecified atom stereocenters. The fraction of sp³-hybridized carbons (Fsp3) is 0.308.